The maximum Gasteiger partial charge on any atom is 0.136 e. The van der Waals surface area contributed by atoms with Crippen LogP contribution in [-0.4, -0.2) is 5.78 Å². The van der Waals surface area contributed by atoms with Gasteiger partial charge in [-0.2, -0.15) is 0 Å². The Labute approximate surface area is 100 Å². The molecule has 0 saturated heterocycles. The summed E-state index contributed by atoms with van der Waals surface area (Å²) >= 11 is 0. The number of allylic oxidation sites excluding steroid dienone is 2. The van der Waals surface area contributed by atoms with Crippen molar-refractivity contribution in [2.24, 2.45) is 17.3 Å². The van der Waals surface area contributed by atoms with Gasteiger partial charge >= 0.3 is 0 Å². The summed E-state index contributed by atoms with van der Waals surface area (Å²) in [7, 11) is 0. The lowest BCUT2D eigenvalue weighted by molar-refractivity contribution is -0.124. The average molecular weight is 222 g/mol. The maximum absolute atomic E-state index is 12.2. The summed E-state index contributed by atoms with van der Waals surface area (Å²) in [5, 5.41) is 0. The van der Waals surface area contributed by atoms with E-state index in [-0.39, 0.29) is 11.3 Å². The van der Waals surface area contributed by atoms with Crippen molar-refractivity contribution in [3.63, 3.8) is 0 Å². The molecule has 1 heteroatoms. The van der Waals surface area contributed by atoms with Gasteiger partial charge in [0, 0.05) is 12.3 Å². The molecule has 1 atom stereocenters. The lowest BCUT2D eigenvalue weighted by atomic mass is 9.83. The molecular formula is C15H26O. The van der Waals surface area contributed by atoms with Crippen LogP contribution in [0.4, 0.5) is 0 Å². The molecule has 0 heterocycles. The molecular weight excluding hydrogens is 196 g/mol. The fourth-order valence-electron chi connectivity index (χ4n) is 2.08. The molecule has 0 amide bonds. The predicted molar refractivity (Wildman–Crippen MR) is 69.3 cm³/mol. The molecule has 1 fully saturated rings. The Bertz CT molecular complexity index is 253. The minimum Gasteiger partial charge on any atom is -0.299 e. The molecule has 0 aromatic rings. The lowest BCUT2D eigenvalue weighted by Crippen LogP contribution is -2.21. The highest BCUT2D eigenvalue weighted by Crippen LogP contribution is 2.37. The summed E-state index contributed by atoms with van der Waals surface area (Å²) in [4.78, 5) is 12.2. The van der Waals surface area contributed by atoms with Crippen molar-refractivity contribution < 1.29 is 4.79 Å². The quantitative estimate of drug-likeness (QED) is 0.610. The average Bonchev–Trinajstić information content (AvgIpc) is 2.92. The van der Waals surface area contributed by atoms with Crippen LogP contribution in [-0.2, 0) is 4.79 Å². The Balaban J connectivity index is 2.48. The second-order valence-corrected chi connectivity index (χ2v) is 6.38. The van der Waals surface area contributed by atoms with Gasteiger partial charge in [0.25, 0.3) is 0 Å². The van der Waals surface area contributed by atoms with Crippen LogP contribution in [0.15, 0.2) is 12.2 Å². The first-order valence-electron chi connectivity index (χ1n) is 6.56. The van der Waals surface area contributed by atoms with E-state index < -0.39 is 0 Å². The Morgan fingerprint density at radius 1 is 1.38 bits per heavy atom. The maximum atomic E-state index is 12.2. The van der Waals surface area contributed by atoms with E-state index in [0.717, 1.165) is 25.2 Å². The summed E-state index contributed by atoms with van der Waals surface area (Å²) in [5.74, 6) is 1.60. The SMILES string of the molecule is C/C=C/CC(CC1CC1)C(=O)CC(C)(C)C. The zero-order chi connectivity index (χ0) is 12.2. The first-order valence-corrected chi connectivity index (χ1v) is 6.56. The van der Waals surface area contributed by atoms with Crippen molar-refractivity contribution in [3.8, 4) is 0 Å². The van der Waals surface area contributed by atoms with Gasteiger partial charge in [0.2, 0.25) is 0 Å². The molecule has 1 saturated carbocycles. The van der Waals surface area contributed by atoms with Gasteiger partial charge in [-0.3, -0.25) is 4.79 Å². The lowest BCUT2D eigenvalue weighted by Gasteiger charge is -2.21. The molecule has 0 bridgehead atoms. The van der Waals surface area contributed by atoms with E-state index in [0.29, 0.717) is 5.78 Å². The minimum absolute atomic E-state index is 0.134. The fourth-order valence-corrected chi connectivity index (χ4v) is 2.08. The third-order valence-electron chi connectivity index (χ3n) is 3.13. The molecule has 0 aliphatic heterocycles. The number of ketones is 1. The second-order valence-electron chi connectivity index (χ2n) is 6.38. The monoisotopic (exact) mass is 222 g/mol. The summed E-state index contributed by atoms with van der Waals surface area (Å²) in [5.41, 5.74) is 0.134. The van der Waals surface area contributed by atoms with Crippen molar-refractivity contribution in [3.05, 3.63) is 12.2 Å². The smallest absolute Gasteiger partial charge is 0.136 e. The predicted octanol–water partition coefficient (Wildman–Crippen LogP) is 4.37. The molecule has 1 aliphatic carbocycles. The van der Waals surface area contributed by atoms with E-state index >= 15 is 0 Å². The topological polar surface area (TPSA) is 17.1 Å². The van der Waals surface area contributed by atoms with Crippen molar-refractivity contribution >= 4 is 5.78 Å². The molecule has 0 radical (unpaired) electrons. The van der Waals surface area contributed by atoms with Gasteiger partial charge in [-0.1, -0.05) is 45.8 Å². The van der Waals surface area contributed by atoms with Crippen molar-refractivity contribution in [2.75, 3.05) is 0 Å². The van der Waals surface area contributed by atoms with Crippen LogP contribution < -0.4 is 0 Å². The Morgan fingerprint density at radius 2 is 2.00 bits per heavy atom. The van der Waals surface area contributed by atoms with Crippen LogP contribution in [0, 0.1) is 17.3 Å². The van der Waals surface area contributed by atoms with Crippen LogP contribution in [0.1, 0.15) is 59.8 Å². The highest BCUT2D eigenvalue weighted by Gasteiger charge is 2.30. The molecule has 0 spiro atoms. The summed E-state index contributed by atoms with van der Waals surface area (Å²) in [6, 6.07) is 0. The van der Waals surface area contributed by atoms with Gasteiger partial charge < -0.3 is 0 Å². The van der Waals surface area contributed by atoms with Gasteiger partial charge in [0.05, 0.1) is 0 Å². The normalized spacial score (nSPS) is 19.0. The van der Waals surface area contributed by atoms with Crippen LogP contribution in [0.25, 0.3) is 0 Å². The Kier molecular flexibility index (Phi) is 4.76. The van der Waals surface area contributed by atoms with E-state index in [2.05, 4.69) is 32.9 Å². The molecule has 92 valence electrons. The summed E-state index contributed by atoms with van der Waals surface area (Å²) in [6.07, 6.45) is 9.69. The van der Waals surface area contributed by atoms with Crippen molar-refractivity contribution in [1.29, 1.82) is 0 Å². The van der Waals surface area contributed by atoms with Gasteiger partial charge in [0.15, 0.2) is 0 Å². The minimum atomic E-state index is 0.134. The van der Waals surface area contributed by atoms with Crippen LogP contribution in [0.5, 0.6) is 0 Å². The van der Waals surface area contributed by atoms with E-state index in [9.17, 15) is 4.79 Å². The second kappa shape index (κ2) is 5.65. The van der Waals surface area contributed by atoms with Crippen LogP contribution in [0.3, 0.4) is 0 Å². The molecule has 1 rings (SSSR count). The van der Waals surface area contributed by atoms with E-state index in [4.69, 9.17) is 0 Å². The first-order chi connectivity index (χ1) is 7.42. The number of hydrogen-bond donors (Lipinski definition) is 0. The number of Topliss-reactive ketones (excluding diaryl/α,β-unsaturated/α-hetero) is 1. The number of carbonyl (C=O) groups excluding carboxylic acids is 1. The molecule has 0 aromatic carbocycles. The van der Waals surface area contributed by atoms with Crippen molar-refractivity contribution in [2.45, 2.75) is 59.8 Å². The fraction of sp³-hybridized carbons (Fsp3) is 0.800. The van der Waals surface area contributed by atoms with Gasteiger partial charge in [-0.15, -0.1) is 0 Å². The molecule has 0 aromatic heterocycles. The van der Waals surface area contributed by atoms with Gasteiger partial charge in [0.1, 0.15) is 5.78 Å². The molecule has 1 nitrogen and oxygen atoms in total. The zero-order valence-corrected chi connectivity index (χ0v) is 11.3. The Morgan fingerprint density at radius 3 is 2.44 bits per heavy atom. The number of carbonyl (C=O) groups is 1. The third-order valence-corrected chi connectivity index (χ3v) is 3.13. The highest BCUT2D eigenvalue weighted by molar-refractivity contribution is 5.81. The zero-order valence-electron chi connectivity index (χ0n) is 11.3. The first kappa shape index (κ1) is 13.5. The third kappa shape index (κ3) is 5.48. The highest BCUT2D eigenvalue weighted by atomic mass is 16.1. The largest absolute Gasteiger partial charge is 0.299 e. The van der Waals surface area contributed by atoms with Crippen LogP contribution >= 0.6 is 0 Å². The van der Waals surface area contributed by atoms with E-state index in [1.165, 1.54) is 12.8 Å². The number of hydrogen-bond acceptors (Lipinski definition) is 1. The molecule has 16 heavy (non-hydrogen) atoms. The van der Waals surface area contributed by atoms with Gasteiger partial charge in [-0.25, -0.2) is 0 Å². The van der Waals surface area contributed by atoms with Crippen molar-refractivity contribution in [1.82, 2.24) is 0 Å². The number of rotatable bonds is 6. The van der Waals surface area contributed by atoms with Gasteiger partial charge in [-0.05, 0) is 31.1 Å². The summed E-state index contributed by atoms with van der Waals surface area (Å²) < 4.78 is 0. The van der Waals surface area contributed by atoms with Crippen LogP contribution in [0.2, 0.25) is 0 Å². The Hall–Kier alpha value is -0.590. The standard InChI is InChI=1S/C15H26O/c1-5-6-7-13(10-12-8-9-12)14(16)11-15(2,3)4/h5-6,12-13H,7-11H2,1-4H3/b6-5+. The molecule has 0 N–H and O–H groups in total. The summed E-state index contributed by atoms with van der Waals surface area (Å²) in [6.45, 7) is 8.47. The molecule has 1 unspecified atom stereocenters. The van der Waals surface area contributed by atoms with E-state index in [1.54, 1.807) is 0 Å². The van der Waals surface area contributed by atoms with E-state index in [1.807, 2.05) is 6.92 Å². The molecule has 1 aliphatic rings.